The fraction of sp³-hybridized carbons (Fsp3) is 0.370. The van der Waals surface area contributed by atoms with Gasteiger partial charge in [-0.2, -0.15) is 0 Å². The zero-order valence-electron chi connectivity index (χ0n) is 44.0. The standard InChI is InChI=1S/C54H67ClN12O13S/c1-28(68)44-53(79)66-43(52(78)62-39(46(59)72)23-31-9-17-35(69)18-10-31)27-81-54(80)60-26-42(65-47(73)37(57)22-29-7-15-34(55)16-8-29)51(77)64-41(25-32-11-19-36(70)20-12-32)50(76)63-40(24-30-5-13-33(14-6-30)45(58)71)49(75)61-38(48(74)67-44)4-2-3-21-56/h5-20,28,37-44,68-70H,2-4,21-27,56-57H2,1H3,(H2,58,71)(H2,59,72)(H,60,80)(H,61,75)(H,62,78)(H,63,76)(H,64,77)(H,65,73)(H,66,79)(H,67,74)/t28?,37-,38-,39+,40+,41-,42-,43-,44-/m0/s1. The van der Waals surface area contributed by atoms with E-state index in [4.69, 9.17) is 34.5 Å². The van der Waals surface area contributed by atoms with Gasteiger partial charge in [-0.15, -0.1) is 0 Å². The first-order valence-electron chi connectivity index (χ1n) is 25.6. The Morgan fingerprint density at radius 2 is 1.17 bits per heavy atom. The molecule has 0 aliphatic carbocycles. The molecule has 4 aromatic rings. The van der Waals surface area contributed by atoms with E-state index in [2.05, 4.69) is 42.5 Å². The van der Waals surface area contributed by atoms with Gasteiger partial charge in [-0.25, -0.2) is 0 Å². The number of rotatable bonds is 19. The summed E-state index contributed by atoms with van der Waals surface area (Å²) in [6, 6.07) is 10.8. The number of phenolic OH excluding ortho intramolecular Hbond substituents is 2. The highest BCUT2D eigenvalue weighted by atomic mass is 35.5. The number of benzene rings is 4. The number of aliphatic hydroxyl groups is 1. The van der Waals surface area contributed by atoms with Crippen molar-refractivity contribution in [2.45, 2.75) is 106 Å². The number of amides is 10. The summed E-state index contributed by atoms with van der Waals surface area (Å²) in [5.74, 6) is -9.63. The summed E-state index contributed by atoms with van der Waals surface area (Å²) >= 11 is 6.45. The van der Waals surface area contributed by atoms with Gasteiger partial charge >= 0.3 is 0 Å². The predicted octanol–water partition coefficient (Wildman–Crippen LogP) is -1.71. The van der Waals surface area contributed by atoms with Crippen LogP contribution in [0.25, 0.3) is 0 Å². The lowest BCUT2D eigenvalue weighted by atomic mass is 10.00. The summed E-state index contributed by atoms with van der Waals surface area (Å²) in [5.41, 5.74) is 25.2. The second kappa shape index (κ2) is 30.9. The third-order valence-electron chi connectivity index (χ3n) is 12.8. The normalized spacial score (nSPS) is 20.9. The van der Waals surface area contributed by atoms with Gasteiger partial charge in [0.1, 0.15) is 53.8 Å². The second-order valence-electron chi connectivity index (χ2n) is 19.2. The molecule has 1 saturated heterocycles. The largest absolute Gasteiger partial charge is 0.508 e. The predicted molar refractivity (Wildman–Crippen MR) is 299 cm³/mol. The highest BCUT2D eigenvalue weighted by Gasteiger charge is 2.37. The summed E-state index contributed by atoms with van der Waals surface area (Å²) < 4.78 is 0. The lowest BCUT2D eigenvalue weighted by molar-refractivity contribution is -0.136. The maximum Gasteiger partial charge on any atom is 0.279 e. The SMILES string of the molecule is CC(O)[C@@H]1NC(=O)[C@H](CCCCN)NC(=O)[C@@H](Cc2ccc(C(N)=O)cc2)NC(=O)[C@H](Cc2ccc(O)cc2)NC(=O)[C@@H](NC(=O)[C@@H](N)Cc2ccc(Cl)cc2)CNC(=O)SC[C@@H](C(=O)N[C@H](Cc2ccc(O)cc2)C(N)=O)NC1=O. The van der Waals surface area contributed by atoms with Crippen LogP contribution in [0, 0.1) is 0 Å². The van der Waals surface area contributed by atoms with Crippen LogP contribution in [-0.2, 0) is 64.0 Å². The molecule has 10 amide bonds. The Bertz CT molecular complexity index is 2870. The van der Waals surface area contributed by atoms with Gasteiger partial charge < -0.3 is 80.8 Å². The molecule has 0 saturated carbocycles. The molecule has 81 heavy (non-hydrogen) atoms. The molecule has 27 heteroatoms. The van der Waals surface area contributed by atoms with E-state index < -0.39 is 125 Å². The zero-order chi connectivity index (χ0) is 59.3. The first-order chi connectivity index (χ1) is 38.5. The van der Waals surface area contributed by atoms with Gasteiger partial charge in [0.05, 0.1) is 12.1 Å². The van der Waals surface area contributed by atoms with Crippen LogP contribution in [0.15, 0.2) is 97.1 Å². The van der Waals surface area contributed by atoms with Gasteiger partial charge in [0.15, 0.2) is 0 Å². The fourth-order valence-electron chi connectivity index (χ4n) is 8.22. The van der Waals surface area contributed by atoms with Crippen molar-refractivity contribution in [2.24, 2.45) is 22.9 Å². The van der Waals surface area contributed by atoms with E-state index in [9.17, 15) is 63.3 Å². The third kappa shape index (κ3) is 20.4. The number of unbranched alkanes of at least 4 members (excludes halogenated alkanes) is 1. The molecule has 1 heterocycles. The molecule has 1 aliphatic rings. The maximum atomic E-state index is 14.7. The van der Waals surface area contributed by atoms with E-state index in [1.165, 1.54) is 72.8 Å². The maximum absolute atomic E-state index is 14.7. The number of primary amides is 2. The molecule has 0 radical (unpaired) electrons. The molecule has 0 bridgehead atoms. The van der Waals surface area contributed by atoms with Crippen molar-refractivity contribution in [3.63, 3.8) is 0 Å². The average molecular weight is 1160 g/mol. The molecule has 1 aliphatic heterocycles. The molecule has 0 spiro atoms. The molecule has 1 unspecified atom stereocenters. The summed E-state index contributed by atoms with van der Waals surface area (Å²) in [4.78, 5) is 139. The Hall–Kier alpha value is -8.30. The molecule has 19 N–H and O–H groups in total. The van der Waals surface area contributed by atoms with Gasteiger partial charge in [0, 0.05) is 42.1 Å². The first-order valence-corrected chi connectivity index (χ1v) is 27.0. The van der Waals surface area contributed by atoms with Gasteiger partial charge in [-0.05, 0) is 110 Å². The monoisotopic (exact) mass is 1160 g/mol. The van der Waals surface area contributed by atoms with E-state index in [-0.39, 0.29) is 62.1 Å². The minimum absolute atomic E-state index is 0.0359. The molecular formula is C54H67ClN12O13S. The molecule has 4 aromatic carbocycles. The smallest absolute Gasteiger partial charge is 0.279 e. The minimum atomic E-state index is -1.84. The van der Waals surface area contributed by atoms with Crippen molar-refractivity contribution in [3.8, 4) is 11.5 Å². The molecule has 25 nitrogen and oxygen atoms in total. The summed E-state index contributed by atoms with van der Waals surface area (Å²) in [6.45, 7) is 0.657. The topological polar surface area (TPSA) is 432 Å². The van der Waals surface area contributed by atoms with Gasteiger partial charge in [0.25, 0.3) is 5.24 Å². The number of carbonyl (C=O) groups is 10. The quantitative estimate of drug-likeness (QED) is 0.0465. The van der Waals surface area contributed by atoms with E-state index in [1.807, 2.05) is 0 Å². The number of phenols is 2. The number of aromatic hydroxyl groups is 2. The molecule has 9 atom stereocenters. The number of thioether (sulfide) groups is 1. The summed E-state index contributed by atoms with van der Waals surface area (Å²) in [7, 11) is 0. The van der Waals surface area contributed by atoms with Crippen molar-refractivity contribution in [2.75, 3.05) is 18.8 Å². The third-order valence-corrected chi connectivity index (χ3v) is 14.0. The number of hydrogen-bond donors (Lipinski definition) is 15. The number of nitrogens with one attached hydrogen (secondary N) is 8. The Kier molecular flexibility index (Phi) is 24.2. The van der Waals surface area contributed by atoms with Gasteiger partial charge in [-0.1, -0.05) is 71.9 Å². The number of nitrogens with two attached hydrogens (primary N) is 4. The van der Waals surface area contributed by atoms with E-state index in [0.717, 1.165) is 6.92 Å². The Balaban J connectivity index is 1.58. The minimum Gasteiger partial charge on any atom is -0.508 e. The molecule has 434 valence electrons. The van der Waals surface area contributed by atoms with Crippen LogP contribution in [0.3, 0.4) is 0 Å². The summed E-state index contributed by atoms with van der Waals surface area (Å²) in [6.07, 6.45) is -1.98. The van der Waals surface area contributed by atoms with Crippen molar-refractivity contribution >= 4 is 81.8 Å². The van der Waals surface area contributed by atoms with Crippen LogP contribution in [0.1, 0.15) is 58.8 Å². The van der Waals surface area contributed by atoms with Crippen LogP contribution in [0.2, 0.25) is 5.02 Å². The molecule has 0 aromatic heterocycles. The first kappa shape index (κ1) is 63.5. The van der Waals surface area contributed by atoms with E-state index in [1.54, 1.807) is 24.3 Å². The number of carbonyl (C=O) groups excluding carboxylic acids is 10. The second-order valence-corrected chi connectivity index (χ2v) is 20.6. The fourth-order valence-corrected chi connectivity index (χ4v) is 9.09. The number of halogens is 1. The van der Waals surface area contributed by atoms with Crippen LogP contribution in [0.4, 0.5) is 4.79 Å². The van der Waals surface area contributed by atoms with Crippen molar-refractivity contribution in [1.82, 2.24) is 42.5 Å². The zero-order valence-corrected chi connectivity index (χ0v) is 45.6. The Labute approximate surface area is 475 Å². The highest BCUT2D eigenvalue weighted by Crippen LogP contribution is 2.17. The molecular weight excluding hydrogens is 1090 g/mol. The van der Waals surface area contributed by atoms with Crippen LogP contribution in [0.5, 0.6) is 11.5 Å². The Morgan fingerprint density at radius 1 is 0.667 bits per heavy atom. The van der Waals surface area contributed by atoms with Crippen molar-refractivity contribution in [1.29, 1.82) is 0 Å². The lowest BCUT2D eigenvalue weighted by Crippen LogP contribution is -2.62. The summed E-state index contributed by atoms with van der Waals surface area (Å²) in [5, 5.41) is 50.6. The van der Waals surface area contributed by atoms with Crippen LogP contribution >= 0.6 is 23.4 Å². The van der Waals surface area contributed by atoms with Crippen LogP contribution < -0.4 is 65.5 Å². The van der Waals surface area contributed by atoms with Crippen LogP contribution in [-0.4, -0.2) is 147 Å². The highest BCUT2D eigenvalue weighted by molar-refractivity contribution is 8.13. The number of aliphatic hydroxyl groups excluding tert-OH is 1. The van der Waals surface area contributed by atoms with Crippen molar-refractivity contribution < 1.29 is 63.3 Å². The van der Waals surface area contributed by atoms with Crippen molar-refractivity contribution in [3.05, 3.63) is 130 Å². The number of hydrogen-bond acceptors (Lipinski definition) is 16. The molecule has 1 fully saturated rings. The van der Waals surface area contributed by atoms with Gasteiger partial charge in [0.2, 0.25) is 53.2 Å². The van der Waals surface area contributed by atoms with Gasteiger partial charge in [-0.3, -0.25) is 47.9 Å². The van der Waals surface area contributed by atoms with E-state index >= 15 is 0 Å². The lowest BCUT2D eigenvalue weighted by Gasteiger charge is -2.28. The Morgan fingerprint density at radius 3 is 1.72 bits per heavy atom. The average Bonchev–Trinajstić information content (AvgIpc) is 3.44. The van der Waals surface area contributed by atoms with E-state index in [0.29, 0.717) is 45.5 Å². The molecule has 5 rings (SSSR count).